The van der Waals surface area contributed by atoms with Gasteiger partial charge in [0.1, 0.15) is 0 Å². The van der Waals surface area contributed by atoms with Crippen LogP contribution in [-0.2, 0) is 11.2 Å². The quantitative estimate of drug-likeness (QED) is 0.764. The number of carbonyl (C=O) groups excluding carboxylic acids is 1. The largest absolute Gasteiger partial charge is 0.481 e. The van der Waals surface area contributed by atoms with Crippen molar-refractivity contribution < 1.29 is 14.7 Å². The van der Waals surface area contributed by atoms with E-state index in [1.165, 1.54) is 5.56 Å². The van der Waals surface area contributed by atoms with Crippen molar-refractivity contribution in [3.05, 3.63) is 29.3 Å². The maximum absolute atomic E-state index is 11.6. The molecule has 1 rings (SSSR count). The summed E-state index contributed by atoms with van der Waals surface area (Å²) >= 11 is 0. The molecule has 104 valence electrons. The van der Waals surface area contributed by atoms with E-state index in [0.29, 0.717) is 5.69 Å². The summed E-state index contributed by atoms with van der Waals surface area (Å²) in [7, 11) is 0. The molecule has 0 spiro atoms. The fraction of sp³-hybridized carbons (Fsp3) is 0.429. The molecule has 1 unspecified atom stereocenters. The van der Waals surface area contributed by atoms with Crippen LogP contribution in [0.5, 0.6) is 0 Å². The van der Waals surface area contributed by atoms with Gasteiger partial charge >= 0.3 is 12.0 Å². The highest BCUT2D eigenvalue weighted by Crippen LogP contribution is 2.15. The monoisotopic (exact) mass is 264 g/mol. The molecule has 2 amide bonds. The lowest BCUT2D eigenvalue weighted by atomic mass is 10.1. The second-order valence-corrected chi connectivity index (χ2v) is 4.57. The molecule has 1 atom stereocenters. The summed E-state index contributed by atoms with van der Waals surface area (Å²) < 4.78 is 0. The van der Waals surface area contributed by atoms with E-state index in [0.717, 1.165) is 12.0 Å². The lowest BCUT2D eigenvalue weighted by Gasteiger charge is -2.11. The highest BCUT2D eigenvalue weighted by Gasteiger charge is 2.12. The second kappa shape index (κ2) is 6.78. The molecule has 0 fully saturated rings. The first-order chi connectivity index (χ1) is 8.93. The molecule has 0 aromatic heterocycles. The predicted molar refractivity (Wildman–Crippen MR) is 74.4 cm³/mol. The smallest absolute Gasteiger partial charge is 0.319 e. The molecule has 0 saturated carbocycles. The van der Waals surface area contributed by atoms with Gasteiger partial charge in [0.25, 0.3) is 0 Å². The van der Waals surface area contributed by atoms with E-state index in [1.807, 2.05) is 25.1 Å². The summed E-state index contributed by atoms with van der Waals surface area (Å²) in [5.74, 6) is -1.53. The summed E-state index contributed by atoms with van der Waals surface area (Å²) in [4.78, 5) is 22.2. The first-order valence-corrected chi connectivity index (χ1v) is 6.31. The molecule has 5 heteroatoms. The Hall–Kier alpha value is -2.04. The van der Waals surface area contributed by atoms with Gasteiger partial charge in [0, 0.05) is 12.2 Å². The number of benzene rings is 1. The zero-order valence-electron chi connectivity index (χ0n) is 11.5. The third kappa shape index (κ3) is 4.62. The van der Waals surface area contributed by atoms with Crippen molar-refractivity contribution in [3.63, 3.8) is 0 Å². The maximum atomic E-state index is 11.6. The lowest BCUT2D eigenvalue weighted by molar-refractivity contribution is -0.140. The average Bonchev–Trinajstić information content (AvgIpc) is 2.36. The Morgan fingerprint density at radius 3 is 2.58 bits per heavy atom. The Labute approximate surface area is 113 Å². The van der Waals surface area contributed by atoms with E-state index < -0.39 is 17.9 Å². The van der Waals surface area contributed by atoms with Crippen molar-refractivity contribution in [3.8, 4) is 0 Å². The lowest BCUT2D eigenvalue weighted by Crippen LogP contribution is -2.34. The van der Waals surface area contributed by atoms with Crippen molar-refractivity contribution >= 4 is 17.7 Å². The summed E-state index contributed by atoms with van der Waals surface area (Å²) in [6.45, 7) is 5.72. The molecule has 0 aliphatic heterocycles. The number of carbonyl (C=O) groups is 2. The number of hydrogen-bond acceptors (Lipinski definition) is 2. The Balaban J connectivity index is 2.53. The van der Waals surface area contributed by atoms with Crippen LogP contribution in [0.1, 0.15) is 25.0 Å². The summed E-state index contributed by atoms with van der Waals surface area (Å²) in [6.07, 6.45) is 0.953. The number of rotatable bonds is 5. The minimum absolute atomic E-state index is 0.104. The number of hydrogen-bond donors (Lipinski definition) is 3. The van der Waals surface area contributed by atoms with Crippen LogP contribution in [0.25, 0.3) is 0 Å². The van der Waals surface area contributed by atoms with Crippen molar-refractivity contribution in [1.82, 2.24) is 5.32 Å². The van der Waals surface area contributed by atoms with Crippen LogP contribution in [0.15, 0.2) is 18.2 Å². The SMILES string of the molecule is CCc1ccc(NC(=O)NCC(C)C(=O)O)cc1C. The fourth-order valence-electron chi connectivity index (χ4n) is 1.68. The van der Waals surface area contributed by atoms with E-state index in [9.17, 15) is 9.59 Å². The van der Waals surface area contributed by atoms with Crippen LogP contribution in [0.2, 0.25) is 0 Å². The Morgan fingerprint density at radius 2 is 2.05 bits per heavy atom. The molecule has 0 radical (unpaired) electrons. The van der Waals surface area contributed by atoms with E-state index in [2.05, 4.69) is 17.6 Å². The molecular weight excluding hydrogens is 244 g/mol. The number of carboxylic acids is 1. The first kappa shape index (κ1) is 15.0. The van der Waals surface area contributed by atoms with Crippen molar-refractivity contribution in [1.29, 1.82) is 0 Å². The Morgan fingerprint density at radius 1 is 1.37 bits per heavy atom. The number of anilines is 1. The topological polar surface area (TPSA) is 78.4 Å². The average molecular weight is 264 g/mol. The van der Waals surface area contributed by atoms with Crippen LogP contribution in [0.4, 0.5) is 10.5 Å². The molecular formula is C14H20N2O3. The summed E-state index contributed by atoms with van der Waals surface area (Å²) in [5, 5.41) is 13.9. The Kier molecular flexibility index (Phi) is 5.36. The first-order valence-electron chi connectivity index (χ1n) is 6.31. The van der Waals surface area contributed by atoms with Gasteiger partial charge in [0.15, 0.2) is 0 Å². The highest BCUT2D eigenvalue weighted by atomic mass is 16.4. The van der Waals surface area contributed by atoms with Crippen molar-refractivity contribution in [2.24, 2.45) is 5.92 Å². The van der Waals surface area contributed by atoms with E-state index in [4.69, 9.17) is 5.11 Å². The van der Waals surface area contributed by atoms with Gasteiger partial charge in [-0.2, -0.15) is 0 Å². The van der Waals surface area contributed by atoms with Gasteiger partial charge in [-0.1, -0.05) is 19.9 Å². The van der Waals surface area contributed by atoms with Crippen molar-refractivity contribution in [2.75, 3.05) is 11.9 Å². The number of nitrogens with one attached hydrogen (secondary N) is 2. The molecule has 1 aromatic carbocycles. The number of urea groups is 1. The second-order valence-electron chi connectivity index (χ2n) is 4.57. The summed E-state index contributed by atoms with van der Waals surface area (Å²) in [6, 6.07) is 5.33. The van der Waals surface area contributed by atoms with Crippen LogP contribution in [-0.4, -0.2) is 23.7 Å². The molecule has 3 N–H and O–H groups in total. The minimum Gasteiger partial charge on any atom is -0.481 e. The maximum Gasteiger partial charge on any atom is 0.319 e. The van der Waals surface area contributed by atoms with E-state index >= 15 is 0 Å². The van der Waals surface area contributed by atoms with Gasteiger partial charge in [-0.3, -0.25) is 4.79 Å². The molecule has 1 aromatic rings. The third-order valence-corrected chi connectivity index (χ3v) is 2.97. The third-order valence-electron chi connectivity index (χ3n) is 2.97. The summed E-state index contributed by atoms with van der Waals surface area (Å²) in [5.41, 5.74) is 3.07. The highest BCUT2D eigenvalue weighted by molar-refractivity contribution is 5.89. The van der Waals surface area contributed by atoms with Gasteiger partial charge in [0.05, 0.1) is 5.92 Å². The number of amides is 2. The minimum atomic E-state index is -0.927. The Bertz CT molecular complexity index is 472. The zero-order valence-corrected chi connectivity index (χ0v) is 11.5. The van der Waals surface area contributed by atoms with E-state index in [-0.39, 0.29) is 6.54 Å². The molecule has 0 aliphatic rings. The molecule has 0 bridgehead atoms. The molecule has 0 aliphatic carbocycles. The molecule has 0 heterocycles. The van der Waals surface area contributed by atoms with Gasteiger partial charge in [-0.05, 0) is 36.6 Å². The van der Waals surface area contributed by atoms with Crippen LogP contribution >= 0.6 is 0 Å². The van der Waals surface area contributed by atoms with Gasteiger partial charge in [-0.15, -0.1) is 0 Å². The zero-order chi connectivity index (χ0) is 14.4. The molecule has 19 heavy (non-hydrogen) atoms. The number of aryl methyl sites for hydroxylation is 2. The molecule has 0 saturated heterocycles. The van der Waals surface area contributed by atoms with Crippen LogP contribution in [0, 0.1) is 12.8 Å². The normalized spacial score (nSPS) is 11.7. The van der Waals surface area contributed by atoms with E-state index in [1.54, 1.807) is 6.92 Å². The van der Waals surface area contributed by atoms with Gasteiger partial charge in [0.2, 0.25) is 0 Å². The number of aliphatic carboxylic acids is 1. The van der Waals surface area contributed by atoms with Crippen molar-refractivity contribution in [2.45, 2.75) is 27.2 Å². The molecule has 5 nitrogen and oxygen atoms in total. The predicted octanol–water partition coefficient (Wildman–Crippen LogP) is 2.40. The van der Waals surface area contributed by atoms with Gasteiger partial charge in [-0.25, -0.2) is 4.79 Å². The fourth-order valence-corrected chi connectivity index (χ4v) is 1.68. The number of carboxylic acid groups (broad SMARTS) is 1. The standard InChI is InChI=1S/C14H20N2O3/c1-4-11-5-6-12(7-9(11)2)16-14(19)15-8-10(3)13(17)18/h5-7,10H,4,8H2,1-3H3,(H,17,18)(H2,15,16,19). The van der Waals surface area contributed by atoms with Crippen LogP contribution in [0.3, 0.4) is 0 Å². The van der Waals surface area contributed by atoms with Gasteiger partial charge < -0.3 is 15.7 Å². The van der Waals surface area contributed by atoms with Crippen LogP contribution < -0.4 is 10.6 Å².